The second-order valence-corrected chi connectivity index (χ2v) is 11.9. The van der Waals surface area contributed by atoms with Crippen LogP contribution in [0.2, 0.25) is 0 Å². The highest BCUT2D eigenvalue weighted by Crippen LogP contribution is 2.29. The first kappa shape index (κ1) is 28.6. The van der Waals surface area contributed by atoms with E-state index in [0.717, 1.165) is 28.2 Å². The highest BCUT2D eigenvalue weighted by atomic mass is 32.2. The molecule has 0 spiro atoms. The summed E-state index contributed by atoms with van der Waals surface area (Å²) in [5.41, 5.74) is 8.95. The molecule has 4 aromatic carbocycles. The van der Waals surface area contributed by atoms with Crippen molar-refractivity contribution in [3.05, 3.63) is 149 Å². The fourth-order valence-electron chi connectivity index (χ4n) is 4.88. The number of para-hydroxylation sites is 1. The SMILES string of the molecule is Cc1ccc(-n2c(C)cc(/C=N/NC(=O)c3ccccc3N(Cc3ccccc3)S(=O)(=O)c3ccccc3)c2C)cc1. The Bertz CT molecular complexity index is 1830. The Balaban J connectivity index is 1.44. The molecule has 0 saturated heterocycles. The summed E-state index contributed by atoms with van der Waals surface area (Å²) >= 11 is 0. The predicted molar refractivity (Wildman–Crippen MR) is 168 cm³/mol. The third kappa shape index (κ3) is 6.04. The van der Waals surface area contributed by atoms with Crippen LogP contribution in [0.5, 0.6) is 0 Å². The van der Waals surface area contributed by atoms with Crippen molar-refractivity contribution in [3.8, 4) is 5.69 Å². The van der Waals surface area contributed by atoms with Gasteiger partial charge in [0.2, 0.25) is 0 Å². The van der Waals surface area contributed by atoms with Crippen LogP contribution in [0.4, 0.5) is 5.69 Å². The molecular formula is C34H32N4O3S. The molecule has 5 rings (SSSR count). The molecule has 5 aromatic rings. The number of carbonyl (C=O) groups excluding carboxylic acids is 1. The van der Waals surface area contributed by atoms with Gasteiger partial charge in [-0.05, 0) is 68.8 Å². The van der Waals surface area contributed by atoms with E-state index in [1.54, 1.807) is 60.8 Å². The molecule has 0 atom stereocenters. The zero-order valence-corrected chi connectivity index (χ0v) is 24.5. The van der Waals surface area contributed by atoms with Gasteiger partial charge in [0.1, 0.15) is 0 Å². The standard InChI is InChI=1S/C34H32N4O3S/c1-25-18-20-30(21-19-25)38-26(2)22-29(27(38)3)23-35-36-34(39)32-16-10-11-17-33(32)37(24-28-12-6-4-7-13-28)42(40,41)31-14-8-5-9-15-31/h4-23H,24H2,1-3H3,(H,36,39)/b35-23+. The third-order valence-electron chi connectivity index (χ3n) is 7.05. The van der Waals surface area contributed by atoms with E-state index in [2.05, 4.69) is 46.3 Å². The zero-order valence-electron chi connectivity index (χ0n) is 23.7. The topological polar surface area (TPSA) is 83.8 Å². The van der Waals surface area contributed by atoms with Crippen molar-refractivity contribution in [3.63, 3.8) is 0 Å². The molecule has 1 aromatic heterocycles. The zero-order chi connectivity index (χ0) is 29.7. The molecular weight excluding hydrogens is 544 g/mol. The average Bonchev–Trinajstić information content (AvgIpc) is 3.29. The smallest absolute Gasteiger partial charge is 0.273 e. The summed E-state index contributed by atoms with van der Waals surface area (Å²) in [6.45, 7) is 6.13. The van der Waals surface area contributed by atoms with E-state index < -0.39 is 15.9 Å². The van der Waals surface area contributed by atoms with Crippen molar-refractivity contribution >= 4 is 27.8 Å². The summed E-state index contributed by atoms with van der Waals surface area (Å²) in [7, 11) is -4.00. The number of hydrogen-bond donors (Lipinski definition) is 1. The number of aromatic nitrogens is 1. The highest BCUT2D eigenvalue weighted by Gasteiger charge is 2.28. The Kier molecular flexibility index (Phi) is 8.36. The van der Waals surface area contributed by atoms with Gasteiger partial charge in [0.15, 0.2) is 0 Å². The maximum Gasteiger partial charge on any atom is 0.273 e. The number of nitrogens with zero attached hydrogens (tertiary/aromatic N) is 3. The molecule has 8 heteroatoms. The first-order valence-corrected chi connectivity index (χ1v) is 15.0. The van der Waals surface area contributed by atoms with Crippen LogP contribution in [0.3, 0.4) is 0 Å². The molecule has 0 radical (unpaired) electrons. The molecule has 0 unspecified atom stereocenters. The molecule has 1 N–H and O–H groups in total. The molecule has 0 aliphatic carbocycles. The number of hydrogen-bond acceptors (Lipinski definition) is 4. The van der Waals surface area contributed by atoms with Crippen molar-refractivity contribution in [2.45, 2.75) is 32.2 Å². The van der Waals surface area contributed by atoms with Crippen LogP contribution < -0.4 is 9.73 Å². The quantitative estimate of drug-likeness (QED) is 0.159. The molecule has 7 nitrogen and oxygen atoms in total. The van der Waals surface area contributed by atoms with Gasteiger partial charge in [-0.25, -0.2) is 13.8 Å². The summed E-state index contributed by atoms with van der Waals surface area (Å²) in [6, 6.07) is 34.4. The number of aryl methyl sites for hydroxylation is 2. The minimum Gasteiger partial charge on any atom is -0.318 e. The Labute approximate surface area is 246 Å². The van der Waals surface area contributed by atoms with Crippen molar-refractivity contribution in [1.29, 1.82) is 0 Å². The van der Waals surface area contributed by atoms with Gasteiger partial charge in [-0.15, -0.1) is 0 Å². The number of rotatable bonds is 9. The number of amides is 1. The number of benzene rings is 4. The molecule has 42 heavy (non-hydrogen) atoms. The summed E-state index contributed by atoms with van der Waals surface area (Å²) in [6.07, 6.45) is 1.61. The van der Waals surface area contributed by atoms with Gasteiger partial charge in [0.05, 0.1) is 28.9 Å². The van der Waals surface area contributed by atoms with Crippen LogP contribution in [-0.4, -0.2) is 25.1 Å². The predicted octanol–water partition coefficient (Wildman–Crippen LogP) is 6.56. The summed E-state index contributed by atoms with van der Waals surface area (Å²) in [4.78, 5) is 13.6. The van der Waals surface area contributed by atoms with Crippen molar-refractivity contribution < 1.29 is 13.2 Å². The van der Waals surface area contributed by atoms with Gasteiger partial charge < -0.3 is 4.57 Å². The fraction of sp³-hybridized carbons (Fsp3) is 0.118. The average molecular weight is 577 g/mol. The molecule has 1 amide bonds. The monoisotopic (exact) mass is 576 g/mol. The normalized spacial score (nSPS) is 11.5. The molecule has 0 bridgehead atoms. The summed E-state index contributed by atoms with van der Waals surface area (Å²) < 4.78 is 31.2. The Hall–Kier alpha value is -4.95. The molecule has 212 valence electrons. The van der Waals surface area contributed by atoms with E-state index in [-0.39, 0.29) is 22.7 Å². The van der Waals surface area contributed by atoms with Gasteiger partial charge >= 0.3 is 0 Å². The van der Waals surface area contributed by atoms with E-state index in [9.17, 15) is 13.2 Å². The lowest BCUT2D eigenvalue weighted by Crippen LogP contribution is -2.33. The number of hydrazone groups is 1. The number of sulfonamides is 1. The minimum atomic E-state index is -4.00. The van der Waals surface area contributed by atoms with Crippen LogP contribution in [-0.2, 0) is 16.6 Å². The van der Waals surface area contributed by atoms with E-state index in [4.69, 9.17) is 0 Å². The first-order chi connectivity index (χ1) is 20.3. The van der Waals surface area contributed by atoms with Gasteiger partial charge in [-0.3, -0.25) is 9.10 Å². The van der Waals surface area contributed by atoms with Crippen LogP contribution in [0, 0.1) is 20.8 Å². The van der Waals surface area contributed by atoms with E-state index in [0.29, 0.717) is 0 Å². The van der Waals surface area contributed by atoms with Gasteiger partial charge in [-0.1, -0.05) is 78.4 Å². The van der Waals surface area contributed by atoms with Crippen LogP contribution >= 0.6 is 0 Å². The summed E-state index contributed by atoms with van der Waals surface area (Å²) in [5, 5.41) is 4.24. The Morgan fingerprint density at radius 2 is 1.45 bits per heavy atom. The van der Waals surface area contributed by atoms with E-state index in [1.165, 1.54) is 9.87 Å². The minimum absolute atomic E-state index is 0.0522. The Morgan fingerprint density at radius 3 is 2.14 bits per heavy atom. The number of carbonyl (C=O) groups is 1. The fourth-order valence-corrected chi connectivity index (χ4v) is 6.37. The summed E-state index contributed by atoms with van der Waals surface area (Å²) in [5.74, 6) is -0.518. The van der Waals surface area contributed by atoms with Crippen LogP contribution in [0.1, 0.15) is 38.4 Å². The van der Waals surface area contributed by atoms with Gasteiger partial charge in [0.25, 0.3) is 15.9 Å². The highest BCUT2D eigenvalue weighted by molar-refractivity contribution is 7.92. The maximum absolute atomic E-state index is 13.9. The maximum atomic E-state index is 13.9. The lowest BCUT2D eigenvalue weighted by molar-refractivity contribution is 0.0955. The largest absolute Gasteiger partial charge is 0.318 e. The second-order valence-electron chi connectivity index (χ2n) is 10.0. The van der Waals surface area contributed by atoms with E-state index >= 15 is 0 Å². The molecule has 1 heterocycles. The third-order valence-corrected chi connectivity index (χ3v) is 8.82. The number of anilines is 1. The molecule has 0 saturated carbocycles. The van der Waals surface area contributed by atoms with Crippen LogP contribution in [0.15, 0.2) is 125 Å². The lowest BCUT2D eigenvalue weighted by Gasteiger charge is -2.26. The van der Waals surface area contributed by atoms with Gasteiger partial charge in [-0.2, -0.15) is 5.10 Å². The van der Waals surface area contributed by atoms with Crippen molar-refractivity contribution in [2.24, 2.45) is 5.10 Å². The molecule has 0 aliphatic rings. The van der Waals surface area contributed by atoms with E-state index in [1.807, 2.05) is 50.2 Å². The van der Waals surface area contributed by atoms with Gasteiger partial charge in [0, 0.05) is 22.6 Å². The molecule has 0 fully saturated rings. The lowest BCUT2D eigenvalue weighted by atomic mass is 10.1. The first-order valence-electron chi connectivity index (χ1n) is 13.6. The Morgan fingerprint density at radius 1 is 0.833 bits per heavy atom. The van der Waals surface area contributed by atoms with Crippen molar-refractivity contribution in [1.82, 2.24) is 9.99 Å². The second kappa shape index (κ2) is 12.3. The van der Waals surface area contributed by atoms with Crippen LogP contribution in [0.25, 0.3) is 5.69 Å². The number of nitrogens with one attached hydrogen (secondary N) is 1. The van der Waals surface area contributed by atoms with Crippen molar-refractivity contribution in [2.75, 3.05) is 4.31 Å². The molecule has 0 aliphatic heterocycles.